The van der Waals surface area contributed by atoms with Gasteiger partial charge in [-0.05, 0) is 24.5 Å². The van der Waals surface area contributed by atoms with E-state index in [2.05, 4.69) is 11.2 Å². The Bertz CT molecular complexity index is 535. The number of nitrogens with one attached hydrogen (secondary N) is 1. The van der Waals surface area contributed by atoms with E-state index in [-0.39, 0.29) is 18.1 Å². The lowest BCUT2D eigenvalue weighted by atomic mass is 10.0. The summed E-state index contributed by atoms with van der Waals surface area (Å²) >= 11 is 0. The van der Waals surface area contributed by atoms with Gasteiger partial charge in [0.15, 0.2) is 0 Å². The molecule has 5 nitrogen and oxygen atoms in total. The average Bonchev–Trinajstić information content (AvgIpc) is 2.47. The maximum absolute atomic E-state index is 11.9. The molecule has 0 saturated carbocycles. The van der Waals surface area contributed by atoms with Gasteiger partial charge in [-0.25, -0.2) is 9.59 Å². The molecule has 0 heterocycles. The number of carboxylic acids is 1. The zero-order valence-corrected chi connectivity index (χ0v) is 12.1. The fourth-order valence-electron chi connectivity index (χ4n) is 2.00. The van der Waals surface area contributed by atoms with Crippen molar-refractivity contribution in [2.24, 2.45) is 0 Å². The van der Waals surface area contributed by atoms with Gasteiger partial charge in [0.2, 0.25) is 0 Å². The van der Waals surface area contributed by atoms with Gasteiger partial charge in [-0.2, -0.15) is 0 Å². The standard InChI is InChI=1S/C16H20N2O3/c1-3-11-18(12-4-2)16(21)17-10-9-13-7-5-6-8-14(13)15(19)20/h1,5-8H,4,9-12H2,2H3,(H,17,21)(H,19,20). The minimum atomic E-state index is -0.961. The lowest BCUT2D eigenvalue weighted by Gasteiger charge is -2.20. The lowest BCUT2D eigenvalue weighted by Crippen LogP contribution is -2.41. The van der Waals surface area contributed by atoms with Crippen molar-refractivity contribution in [2.45, 2.75) is 19.8 Å². The summed E-state index contributed by atoms with van der Waals surface area (Å²) in [7, 11) is 0. The van der Waals surface area contributed by atoms with E-state index in [1.165, 1.54) is 0 Å². The number of carbonyl (C=O) groups is 2. The summed E-state index contributed by atoms with van der Waals surface area (Å²) in [4.78, 5) is 24.6. The van der Waals surface area contributed by atoms with Crippen molar-refractivity contribution in [3.8, 4) is 12.3 Å². The SMILES string of the molecule is C#CCN(CCC)C(=O)NCCc1ccccc1C(=O)O. The molecule has 0 aromatic heterocycles. The van der Waals surface area contributed by atoms with Crippen molar-refractivity contribution >= 4 is 12.0 Å². The average molecular weight is 288 g/mol. The van der Waals surface area contributed by atoms with Crippen LogP contribution in [0.5, 0.6) is 0 Å². The van der Waals surface area contributed by atoms with E-state index < -0.39 is 5.97 Å². The molecular formula is C16H20N2O3. The summed E-state index contributed by atoms with van der Waals surface area (Å²) in [5.74, 6) is 1.49. The molecule has 2 amide bonds. The molecule has 21 heavy (non-hydrogen) atoms. The van der Waals surface area contributed by atoms with Crippen molar-refractivity contribution in [2.75, 3.05) is 19.6 Å². The second kappa shape index (κ2) is 8.64. The molecule has 0 fully saturated rings. The van der Waals surface area contributed by atoms with E-state index in [4.69, 9.17) is 11.5 Å². The van der Waals surface area contributed by atoms with Crippen molar-refractivity contribution in [1.82, 2.24) is 10.2 Å². The number of hydrogen-bond acceptors (Lipinski definition) is 2. The first kappa shape index (κ1) is 16.6. The molecule has 1 aromatic carbocycles. The number of aromatic carboxylic acids is 1. The highest BCUT2D eigenvalue weighted by molar-refractivity contribution is 5.89. The maximum atomic E-state index is 11.9. The number of hydrogen-bond donors (Lipinski definition) is 2. The minimum Gasteiger partial charge on any atom is -0.478 e. The second-order valence-electron chi connectivity index (χ2n) is 4.57. The zero-order chi connectivity index (χ0) is 15.7. The monoisotopic (exact) mass is 288 g/mol. The molecule has 1 rings (SSSR count). The van der Waals surface area contributed by atoms with Gasteiger partial charge >= 0.3 is 12.0 Å². The Morgan fingerprint density at radius 2 is 2.10 bits per heavy atom. The van der Waals surface area contributed by atoms with Gasteiger partial charge in [0.25, 0.3) is 0 Å². The van der Waals surface area contributed by atoms with Crippen LogP contribution in [0.1, 0.15) is 29.3 Å². The number of carboxylic acid groups (broad SMARTS) is 1. The number of urea groups is 1. The van der Waals surface area contributed by atoms with E-state index in [1.807, 2.05) is 6.92 Å². The summed E-state index contributed by atoms with van der Waals surface area (Å²) in [6.07, 6.45) is 6.53. The Balaban J connectivity index is 2.55. The van der Waals surface area contributed by atoms with E-state index >= 15 is 0 Å². The number of nitrogens with zero attached hydrogens (tertiary/aromatic N) is 1. The second-order valence-corrected chi connectivity index (χ2v) is 4.57. The van der Waals surface area contributed by atoms with Crippen LogP contribution in [0.25, 0.3) is 0 Å². The molecule has 1 aromatic rings. The highest BCUT2D eigenvalue weighted by Gasteiger charge is 2.12. The molecule has 0 aliphatic rings. The molecule has 2 N–H and O–H groups in total. The Hall–Kier alpha value is -2.48. The van der Waals surface area contributed by atoms with Gasteiger partial charge in [-0.15, -0.1) is 6.42 Å². The van der Waals surface area contributed by atoms with E-state index in [1.54, 1.807) is 29.2 Å². The molecule has 5 heteroatoms. The van der Waals surface area contributed by atoms with Gasteiger partial charge in [0.1, 0.15) is 0 Å². The number of terminal acetylenes is 1. The summed E-state index contributed by atoms with van der Waals surface area (Å²) < 4.78 is 0. The summed E-state index contributed by atoms with van der Waals surface area (Å²) in [5.41, 5.74) is 0.963. The fraction of sp³-hybridized carbons (Fsp3) is 0.375. The van der Waals surface area contributed by atoms with E-state index in [0.717, 1.165) is 6.42 Å². The summed E-state index contributed by atoms with van der Waals surface area (Å²) in [6.45, 7) is 3.21. The molecule has 0 aliphatic heterocycles. The number of rotatable bonds is 7. The topological polar surface area (TPSA) is 69.6 Å². The third-order valence-electron chi connectivity index (χ3n) is 2.98. The first-order chi connectivity index (χ1) is 10.1. The van der Waals surface area contributed by atoms with Gasteiger partial charge < -0.3 is 15.3 Å². The molecule has 0 aliphatic carbocycles. The van der Waals surface area contributed by atoms with Crippen LogP contribution < -0.4 is 5.32 Å². The summed E-state index contributed by atoms with van der Waals surface area (Å²) in [5, 5.41) is 11.9. The fourth-order valence-corrected chi connectivity index (χ4v) is 2.00. The van der Waals surface area contributed by atoms with Gasteiger partial charge in [0.05, 0.1) is 12.1 Å². The van der Waals surface area contributed by atoms with Crippen LogP contribution in [0, 0.1) is 12.3 Å². The molecule has 0 bridgehead atoms. The number of amides is 2. The van der Waals surface area contributed by atoms with Crippen LogP contribution in [-0.4, -0.2) is 41.6 Å². The number of carbonyl (C=O) groups excluding carboxylic acids is 1. The molecule has 0 saturated heterocycles. The third kappa shape index (κ3) is 5.19. The Kier molecular flexibility index (Phi) is 6.82. The zero-order valence-electron chi connectivity index (χ0n) is 12.1. The molecule has 112 valence electrons. The van der Waals surface area contributed by atoms with E-state index in [9.17, 15) is 9.59 Å². The van der Waals surface area contributed by atoms with Crippen LogP contribution in [0.2, 0.25) is 0 Å². The first-order valence-corrected chi connectivity index (χ1v) is 6.87. The third-order valence-corrected chi connectivity index (χ3v) is 2.98. The van der Waals surface area contributed by atoms with Crippen LogP contribution in [0.4, 0.5) is 4.79 Å². The van der Waals surface area contributed by atoms with Crippen molar-refractivity contribution < 1.29 is 14.7 Å². The number of benzene rings is 1. The van der Waals surface area contributed by atoms with Crippen LogP contribution in [0.15, 0.2) is 24.3 Å². The largest absolute Gasteiger partial charge is 0.478 e. The van der Waals surface area contributed by atoms with Crippen molar-refractivity contribution in [1.29, 1.82) is 0 Å². The maximum Gasteiger partial charge on any atom is 0.335 e. The molecule has 0 radical (unpaired) electrons. The quantitative estimate of drug-likeness (QED) is 0.754. The van der Waals surface area contributed by atoms with Gasteiger partial charge in [0, 0.05) is 13.1 Å². The van der Waals surface area contributed by atoms with E-state index in [0.29, 0.717) is 25.1 Å². The first-order valence-electron chi connectivity index (χ1n) is 6.87. The highest BCUT2D eigenvalue weighted by atomic mass is 16.4. The van der Waals surface area contributed by atoms with Crippen LogP contribution in [0.3, 0.4) is 0 Å². The predicted molar refractivity (Wildman–Crippen MR) is 81.2 cm³/mol. The summed E-state index contributed by atoms with van der Waals surface area (Å²) in [6, 6.07) is 6.55. The molecule has 0 atom stereocenters. The lowest BCUT2D eigenvalue weighted by molar-refractivity contribution is 0.0695. The Labute approximate surface area is 125 Å². The molecule has 0 unspecified atom stereocenters. The Morgan fingerprint density at radius 3 is 2.71 bits per heavy atom. The normalized spacial score (nSPS) is 9.71. The highest BCUT2D eigenvalue weighted by Crippen LogP contribution is 2.09. The van der Waals surface area contributed by atoms with Crippen molar-refractivity contribution in [3.05, 3.63) is 35.4 Å². The van der Waals surface area contributed by atoms with Crippen LogP contribution >= 0.6 is 0 Å². The molecule has 0 spiro atoms. The van der Waals surface area contributed by atoms with Crippen molar-refractivity contribution in [3.63, 3.8) is 0 Å². The Morgan fingerprint density at radius 1 is 1.38 bits per heavy atom. The smallest absolute Gasteiger partial charge is 0.335 e. The van der Waals surface area contributed by atoms with Gasteiger partial charge in [-0.1, -0.05) is 31.0 Å². The minimum absolute atomic E-state index is 0.220. The molecular weight excluding hydrogens is 268 g/mol. The van der Waals surface area contributed by atoms with Gasteiger partial charge in [-0.3, -0.25) is 0 Å². The van der Waals surface area contributed by atoms with Crippen LogP contribution in [-0.2, 0) is 6.42 Å². The predicted octanol–water partition coefficient (Wildman–Crippen LogP) is 1.98.